The van der Waals surface area contributed by atoms with Crippen LogP contribution in [0.3, 0.4) is 0 Å². The Hall–Kier alpha value is -2.60. The molecular formula is C20H21NO4S. The van der Waals surface area contributed by atoms with Crippen molar-refractivity contribution in [2.24, 2.45) is 0 Å². The molecule has 0 saturated heterocycles. The third-order valence-corrected chi connectivity index (χ3v) is 5.19. The highest BCUT2D eigenvalue weighted by Crippen LogP contribution is 2.28. The van der Waals surface area contributed by atoms with Crippen LogP contribution in [0.2, 0.25) is 0 Å². The number of carbonyl (C=O) groups is 1. The molecule has 0 amide bonds. The number of oxazole rings is 1. The van der Waals surface area contributed by atoms with Gasteiger partial charge in [0.05, 0.1) is 23.1 Å². The van der Waals surface area contributed by atoms with Crippen LogP contribution in [-0.2, 0) is 11.2 Å². The van der Waals surface area contributed by atoms with E-state index in [-0.39, 0.29) is 0 Å². The molecule has 1 N–H and O–H groups in total. The van der Waals surface area contributed by atoms with Gasteiger partial charge in [-0.2, -0.15) is 0 Å². The fourth-order valence-electron chi connectivity index (χ4n) is 2.58. The van der Waals surface area contributed by atoms with Crippen LogP contribution in [0.4, 0.5) is 0 Å². The molecule has 0 bridgehead atoms. The zero-order valence-electron chi connectivity index (χ0n) is 15.0. The minimum Gasteiger partial charge on any atom is -0.493 e. The van der Waals surface area contributed by atoms with Gasteiger partial charge in [-0.05, 0) is 50.6 Å². The molecule has 136 valence electrons. The maximum absolute atomic E-state index is 11.0. The van der Waals surface area contributed by atoms with Gasteiger partial charge in [0, 0.05) is 11.3 Å². The van der Waals surface area contributed by atoms with Crippen molar-refractivity contribution in [1.82, 2.24) is 4.98 Å². The third-order valence-electron chi connectivity index (χ3n) is 4.20. The number of carboxylic acid groups (broad SMARTS) is 1. The highest BCUT2D eigenvalue weighted by molar-refractivity contribution is 7.15. The van der Waals surface area contributed by atoms with Gasteiger partial charge in [-0.15, -0.1) is 11.3 Å². The normalized spacial score (nSPS) is 12.1. The summed E-state index contributed by atoms with van der Waals surface area (Å²) in [4.78, 5) is 17.8. The second-order valence-electron chi connectivity index (χ2n) is 6.16. The average Bonchev–Trinajstić information content (AvgIpc) is 3.21. The number of rotatable bonds is 7. The van der Waals surface area contributed by atoms with Gasteiger partial charge >= 0.3 is 5.97 Å². The fraction of sp³-hybridized carbons (Fsp3) is 0.300. The van der Waals surface area contributed by atoms with E-state index in [1.807, 2.05) is 13.0 Å². The summed E-state index contributed by atoms with van der Waals surface area (Å²) in [6.45, 7) is 6.11. The number of carboxylic acids is 1. The van der Waals surface area contributed by atoms with Gasteiger partial charge in [0.25, 0.3) is 0 Å². The summed E-state index contributed by atoms with van der Waals surface area (Å²) in [5, 5.41) is 9.04. The van der Waals surface area contributed by atoms with Crippen LogP contribution in [0, 0.1) is 13.8 Å². The molecule has 0 fully saturated rings. The minimum atomic E-state index is -0.836. The van der Waals surface area contributed by atoms with Crippen LogP contribution in [-0.4, -0.2) is 22.7 Å². The number of benzene rings is 1. The van der Waals surface area contributed by atoms with E-state index in [1.54, 1.807) is 42.5 Å². The van der Waals surface area contributed by atoms with E-state index in [0.29, 0.717) is 24.7 Å². The second kappa shape index (κ2) is 7.74. The molecule has 0 saturated carbocycles. The lowest BCUT2D eigenvalue weighted by Crippen LogP contribution is -2.07. The van der Waals surface area contributed by atoms with E-state index in [0.717, 1.165) is 21.9 Å². The molecule has 6 heteroatoms. The maximum Gasteiger partial charge on any atom is 0.310 e. The van der Waals surface area contributed by atoms with E-state index < -0.39 is 11.9 Å². The molecule has 0 radical (unpaired) electrons. The Kier molecular flexibility index (Phi) is 5.42. The summed E-state index contributed by atoms with van der Waals surface area (Å²) >= 11 is 1.66. The Morgan fingerprint density at radius 2 is 1.96 bits per heavy atom. The maximum atomic E-state index is 11.0. The van der Waals surface area contributed by atoms with Gasteiger partial charge in [-0.25, -0.2) is 4.98 Å². The molecule has 2 heterocycles. The van der Waals surface area contributed by atoms with Crippen LogP contribution < -0.4 is 4.74 Å². The lowest BCUT2D eigenvalue weighted by molar-refractivity contribution is -0.138. The number of hydrogen-bond acceptors (Lipinski definition) is 5. The third kappa shape index (κ3) is 4.14. The van der Waals surface area contributed by atoms with Crippen molar-refractivity contribution in [3.05, 3.63) is 58.3 Å². The number of ether oxygens (including phenoxy) is 1. The largest absolute Gasteiger partial charge is 0.493 e. The summed E-state index contributed by atoms with van der Waals surface area (Å²) in [5.74, 6) is 0.808. The average molecular weight is 371 g/mol. The topological polar surface area (TPSA) is 72.6 Å². The van der Waals surface area contributed by atoms with E-state index in [9.17, 15) is 4.79 Å². The highest BCUT2D eigenvalue weighted by atomic mass is 32.1. The van der Waals surface area contributed by atoms with Crippen molar-refractivity contribution in [2.75, 3.05) is 6.61 Å². The van der Waals surface area contributed by atoms with Crippen molar-refractivity contribution in [1.29, 1.82) is 0 Å². The fourth-order valence-corrected chi connectivity index (χ4v) is 3.37. The van der Waals surface area contributed by atoms with Crippen LogP contribution in [0.15, 0.2) is 40.8 Å². The van der Waals surface area contributed by atoms with Crippen molar-refractivity contribution in [3.63, 3.8) is 0 Å². The summed E-state index contributed by atoms with van der Waals surface area (Å²) in [5.41, 5.74) is 1.65. The first kappa shape index (κ1) is 18.2. The first-order valence-electron chi connectivity index (χ1n) is 8.42. The van der Waals surface area contributed by atoms with E-state index in [2.05, 4.69) is 18.0 Å². The molecule has 5 nitrogen and oxygen atoms in total. The molecule has 1 atom stereocenters. The SMILES string of the molecule is Cc1ccc(-c2nc(CCOc3ccc(C(C)C(=O)O)cc3)c(C)o2)s1. The number of aryl methyl sites for hydroxylation is 2. The Morgan fingerprint density at radius 3 is 2.58 bits per heavy atom. The summed E-state index contributed by atoms with van der Waals surface area (Å²) in [6.07, 6.45) is 0.646. The summed E-state index contributed by atoms with van der Waals surface area (Å²) < 4.78 is 11.5. The lowest BCUT2D eigenvalue weighted by Gasteiger charge is -2.09. The molecule has 3 aromatic rings. The molecule has 26 heavy (non-hydrogen) atoms. The predicted molar refractivity (Wildman–Crippen MR) is 101 cm³/mol. The van der Waals surface area contributed by atoms with Gasteiger partial charge in [0.2, 0.25) is 5.89 Å². The molecule has 0 spiro atoms. The standard InChI is InChI=1S/C20H21NO4S/c1-12-4-9-18(26-12)19-21-17(14(3)25-19)10-11-24-16-7-5-15(6-8-16)13(2)20(22)23/h4-9,13H,10-11H2,1-3H3,(H,22,23). The zero-order chi connectivity index (χ0) is 18.7. The summed E-state index contributed by atoms with van der Waals surface area (Å²) in [7, 11) is 0. The van der Waals surface area contributed by atoms with Crippen molar-refractivity contribution >= 4 is 17.3 Å². The van der Waals surface area contributed by atoms with Gasteiger partial charge in [-0.3, -0.25) is 4.79 Å². The number of hydrogen-bond donors (Lipinski definition) is 1. The van der Waals surface area contributed by atoms with Crippen molar-refractivity contribution < 1.29 is 19.1 Å². The number of aliphatic carboxylic acids is 1. The lowest BCUT2D eigenvalue weighted by atomic mass is 10.0. The van der Waals surface area contributed by atoms with E-state index >= 15 is 0 Å². The van der Waals surface area contributed by atoms with Gasteiger partial charge in [0.15, 0.2) is 0 Å². The first-order valence-corrected chi connectivity index (χ1v) is 9.24. The first-order chi connectivity index (χ1) is 12.4. The van der Waals surface area contributed by atoms with E-state index in [4.69, 9.17) is 14.3 Å². The smallest absolute Gasteiger partial charge is 0.310 e. The van der Waals surface area contributed by atoms with Crippen LogP contribution in [0.1, 0.15) is 34.7 Å². The van der Waals surface area contributed by atoms with Crippen LogP contribution in [0.25, 0.3) is 10.8 Å². The Balaban J connectivity index is 1.58. The van der Waals surface area contributed by atoms with Crippen LogP contribution in [0.5, 0.6) is 5.75 Å². The molecule has 0 aliphatic heterocycles. The summed E-state index contributed by atoms with van der Waals surface area (Å²) in [6, 6.07) is 11.2. The minimum absolute atomic E-state index is 0.476. The molecule has 3 rings (SSSR count). The molecule has 2 aromatic heterocycles. The van der Waals surface area contributed by atoms with E-state index in [1.165, 1.54) is 4.88 Å². The highest BCUT2D eigenvalue weighted by Gasteiger charge is 2.14. The molecular weight excluding hydrogens is 350 g/mol. The molecule has 1 aromatic carbocycles. The number of aromatic nitrogens is 1. The van der Waals surface area contributed by atoms with Gasteiger partial charge in [0.1, 0.15) is 11.5 Å². The molecule has 0 aliphatic carbocycles. The number of nitrogens with zero attached hydrogens (tertiary/aromatic N) is 1. The quantitative estimate of drug-likeness (QED) is 0.644. The molecule has 1 unspecified atom stereocenters. The van der Waals surface area contributed by atoms with Gasteiger partial charge in [-0.1, -0.05) is 12.1 Å². The van der Waals surface area contributed by atoms with Crippen LogP contribution >= 0.6 is 11.3 Å². The molecule has 0 aliphatic rings. The Bertz CT molecular complexity index is 895. The number of thiophene rings is 1. The Labute approximate surface area is 156 Å². The van der Waals surface area contributed by atoms with Crippen molar-refractivity contribution in [3.8, 4) is 16.5 Å². The predicted octanol–water partition coefficient (Wildman–Crippen LogP) is 4.83. The second-order valence-corrected chi connectivity index (χ2v) is 7.45. The Morgan fingerprint density at radius 1 is 1.23 bits per heavy atom. The van der Waals surface area contributed by atoms with Crippen molar-refractivity contribution in [2.45, 2.75) is 33.1 Å². The van der Waals surface area contributed by atoms with Gasteiger partial charge < -0.3 is 14.3 Å². The monoisotopic (exact) mass is 371 g/mol. The zero-order valence-corrected chi connectivity index (χ0v) is 15.8.